The summed E-state index contributed by atoms with van der Waals surface area (Å²) in [6, 6.07) is 4.65. The summed E-state index contributed by atoms with van der Waals surface area (Å²) >= 11 is 0. The number of rotatable bonds is 0. The van der Waals surface area contributed by atoms with E-state index in [0.29, 0.717) is 0 Å². The molecule has 0 N–H and O–H groups in total. The van der Waals surface area contributed by atoms with Gasteiger partial charge < -0.3 is 4.42 Å². The summed E-state index contributed by atoms with van der Waals surface area (Å²) in [6.07, 6.45) is 1.35. The monoisotopic (exact) mass is 108 g/mol. The topological polar surface area (TPSA) is 30.2 Å². The first-order chi connectivity index (χ1) is 3.39. The van der Waals surface area contributed by atoms with Gasteiger partial charge in [-0.2, -0.15) is 0 Å². The van der Waals surface area contributed by atoms with Crippen LogP contribution in [0.4, 0.5) is 0 Å². The van der Waals surface area contributed by atoms with Crippen molar-refractivity contribution in [1.29, 1.82) is 0 Å². The van der Waals surface area contributed by atoms with Gasteiger partial charge >= 0.3 is 5.63 Å². The van der Waals surface area contributed by atoms with Gasteiger partial charge in [0.2, 0.25) is 0 Å². The molecular weight excluding hydrogens is 104 g/mol. The molecule has 1 heterocycles. The van der Waals surface area contributed by atoms with Crippen LogP contribution in [0.5, 0.6) is 0 Å². The Balaban J connectivity index is 0.000000490. The molecule has 1 aromatic heterocycles. The van der Waals surface area contributed by atoms with Crippen LogP contribution >= 0.6 is 0 Å². The van der Waals surface area contributed by atoms with Gasteiger partial charge in [-0.05, 0) is 6.07 Å². The lowest BCUT2D eigenvalue weighted by atomic mass is 10.5. The molecule has 40 valence electrons. The summed E-state index contributed by atoms with van der Waals surface area (Å²) in [4.78, 5) is 10.1. The van der Waals surface area contributed by atoms with Crippen LogP contribution in [0, 0.1) is 7.43 Å². The first-order valence-corrected chi connectivity index (χ1v) is 1.93. The zero-order valence-corrected chi connectivity index (χ0v) is 4.13. The summed E-state index contributed by atoms with van der Waals surface area (Å²) in [5.41, 5.74) is -0.303. The minimum atomic E-state index is -0.303. The van der Waals surface area contributed by atoms with Gasteiger partial charge in [0.1, 0.15) is 0 Å². The van der Waals surface area contributed by atoms with Crippen molar-refractivity contribution in [3.8, 4) is 0 Å². The van der Waals surface area contributed by atoms with Crippen molar-refractivity contribution in [2.24, 2.45) is 0 Å². The zero-order valence-electron chi connectivity index (χ0n) is 4.13. The maximum atomic E-state index is 10.1. The molecule has 1 rings (SSSR count). The van der Waals surface area contributed by atoms with Crippen LogP contribution in [0.2, 0.25) is 0 Å². The second-order valence-corrected chi connectivity index (χ2v) is 1.12. The van der Waals surface area contributed by atoms with E-state index in [4.69, 9.17) is 0 Å². The fraction of sp³-hybridized carbons (Fsp3) is 0. The molecule has 0 unspecified atom stereocenters. The molecule has 0 bridgehead atoms. The van der Waals surface area contributed by atoms with Crippen LogP contribution in [0.15, 0.2) is 33.7 Å². The Morgan fingerprint density at radius 3 is 2.38 bits per heavy atom. The lowest BCUT2D eigenvalue weighted by Gasteiger charge is -1.72. The molecule has 8 heavy (non-hydrogen) atoms. The van der Waals surface area contributed by atoms with E-state index < -0.39 is 0 Å². The van der Waals surface area contributed by atoms with E-state index in [2.05, 4.69) is 4.42 Å². The van der Waals surface area contributed by atoms with E-state index in [1.807, 2.05) is 0 Å². The second-order valence-electron chi connectivity index (χ2n) is 1.12. The second kappa shape index (κ2) is 3.02. The van der Waals surface area contributed by atoms with Crippen LogP contribution < -0.4 is 5.63 Å². The lowest BCUT2D eigenvalue weighted by Crippen LogP contribution is -1.90. The number of hydrogen-bond donors (Lipinski definition) is 0. The maximum Gasteiger partial charge on any atom is 0.335 e. The van der Waals surface area contributed by atoms with Gasteiger partial charge in [-0.25, -0.2) is 4.79 Å². The molecule has 0 fully saturated rings. The van der Waals surface area contributed by atoms with Crippen LogP contribution in [0.3, 0.4) is 0 Å². The van der Waals surface area contributed by atoms with E-state index in [1.165, 1.54) is 12.3 Å². The molecule has 2 nitrogen and oxygen atoms in total. The van der Waals surface area contributed by atoms with Crippen LogP contribution in [0.1, 0.15) is 0 Å². The van der Waals surface area contributed by atoms with E-state index in [1.54, 1.807) is 12.1 Å². The molecule has 0 aliphatic heterocycles. The molecule has 0 spiro atoms. The maximum absolute atomic E-state index is 10.1. The summed E-state index contributed by atoms with van der Waals surface area (Å²) in [7, 11) is 0. The molecule has 0 aliphatic carbocycles. The van der Waals surface area contributed by atoms with Crippen LogP contribution in [-0.2, 0) is 0 Å². The van der Waals surface area contributed by atoms with Gasteiger partial charge in [-0.3, -0.25) is 0 Å². The fourth-order valence-corrected chi connectivity index (χ4v) is 0.325. The Morgan fingerprint density at radius 2 is 2.12 bits per heavy atom. The summed E-state index contributed by atoms with van der Waals surface area (Å²) in [6.45, 7) is 0. The van der Waals surface area contributed by atoms with Crippen molar-refractivity contribution >= 4 is 0 Å². The Labute approximate surface area is 47.8 Å². The molecule has 0 aromatic carbocycles. The van der Waals surface area contributed by atoms with Crippen molar-refractivity contribution < 1.29 is 4.42 Å². The Morgan fingerprint density at radius 1 is 1.38 bits per heavy atom. The van der Waals surface area contributed by atoms with Gasteiger partial charge in [-0.1, -0.05) is 6.07 Å². The zero-order chi connectivity index (χ0) is 5.11. The molecular formula is C6H4O2. The molecule has 4 radical (unpaired) electrons. The van der Waals surface area contributed by atoms with E-state index >= 15 is 0 Å². The minimum Gasteiger partial charge on any atom is -0.431 e. The largest absolute Gasteiger partial charge is 0.431 e. The lowest BCUT2D eigenvalue weighted by molar-refractivity contribution is 0.511. The third-order valence-electron chi connectivity index (χ3n) is 0.606. The molecule has 0 saturated heterocycles. The fourth-order valence-electron chi connectivity index (χ4n) is 0.325. The highest BCUT2D eigenvalue weighted by atomic mass is 16.4. The standard InChI is InChI=1S/C5H4O2.C/c6-5-3-1-2-4-7-5;/h1-4H;. The molecule has 2 heteroatoms. The predicted octanol–water partition coefficient (Wildman–Crippen LogP) is 0.721. The molecule has 0 aliphatic rings. The predicted molar refractivity (Wildman–Crippen MR) is 28.2 cm³/mol. The third-order valence-corrected chi connectivity index (χ3v) is 0.606. The highest BCUT2D eigenvalue weighted by Crippen LogP contribution is 1.72. The molecule has 0 saturated carbocycles. The summed E-state index contributed by atoms with van der Waals surface area (Å²) in [5.74, 6) is 0. The first kappa shape index (κ1) is 6.95. The van der Waals surface area contributed by atoms with Crippen molar-refractivity contribution in [2.45, 2.75) is 0 Å². The highest BCUT2D eigenvalue weighted by molar-refractivity contribution is 4.85. The first-order valence-electron chi connectivity index (χ1n) is 1.93. The summed E-state index contributed by atoms with van der Waals surface area (Å²) in [5, 5.41) is 0. The Hall–Kier alpha value is -1.05. The normalized spacial score (nSPS) is 7.50. The molecule has 1 aromatic rings. The average molecular weight is 108 g/mol. The SMILES string of the molecule is O=c1cccco1.[C]. The van der Waals surface area contributed by atoms with Crippen LogP contribution in [0.25, 0.3) is 0 Å². The third kappa shape index (κ3) is 1.60. The Bertz CT molecular complexity index is 172. The highest BCUT2D eigenvalue weighted by Gasteiger charge is 1.72. The Kier molecular flexibility index (Phi) is 2.62. The van der Waals surface area contributed by atoms with E-state index in [0.717, 1.165) is 0 Å². The van der Waals surface area contributed by atoms with Crippen LogP contribution in [-0.4, -0.2) is 0 Å². The van der Waals surface area contributed by atoms with Gasteiger partial charge in [0, 0.05) is 13.5 Å². The van der Waals surface area contributed by atoms with E-state index in [9.17, 15) is 4.79 Å². The molecule has 0 amide bonds. The summed E-state index contributed by atoms with van der Waals surface area (Å²) < 4.78 is 4.37. The van der Waals surface area contributed by atoms with Gasteiger partial charge in [0.15, 0.2) is 0 Å². The van der Waals surface area contributed by atoms with Crippen molar-refractivity contribution in [3.05, 3.63) is 42.3 Å². The van der Waals surface area contributed by atoms with E-state index in [-0.39, 0.29) is 13.1 Å². The van der Waals surface area contributed by atoms with Crippen molar-refractivity contribution in [2.75, 3.05) is 0 Å². The number of hydrogen-bond acceptors (Lipinski definition) is 2. The smallest absolute Gasteiger partial charge is 0.335 e. The quantitative estimate of drug-likeness (QED) is 0.490. The van der Waals surface area contributed by atoms with Gasteiger partial charge in [0.05, 0.1) is 6.26 Å². The van der Waals surface area contributed by atoms with Crippen molar-refractivity contribution in [1.82, 2.24) is 0 Å². The van der Waals surface area contributed by atoms with Crippen molar-refractivity contribution in [3.63, 3.8) is 0 Å². The molecule has 0 atom stereocenters. The minimum absolute atomic E-state index is 0. The van der Waals surface area contributed by atoms with Gasteiger partial charge in [-0.15, -0.1) is 0 Å². The average Bonchev–Trinajstić information content (AvgIpc) is 1.69. The van der Waals surface area contributed by atoms with Gasteiger partial charge in [0.25, 0.3) is 0 Å².